The van der Waals surface area contributed by atoms with Gasteiger partial charge in [-0.15, -0.1) is 0 Å². The molecule has 3 heteroatoms. The molecule has 1 heterocycles. The van der Waals surface area contributed by atoms with Crippen LogP contribution >= 0.6 is 15.9 Å². The van der Waals surface area contributed by atoms with Crippen molar-refractivity contribution in [2.24, 2.45) is 5.92 Å². The number of halogens is 1. The molecule has 3 rings (SSSR count). The lowest BCUT2D eigenvalue weighted by Gasteiger charge is -2.42. The topological polar surface area (TPSA) is 15.3 Å². The summed E-state index contributed by atoms with van der Waals surface area (Å²) in [5.74, 6) is 0.921. The number of aryl methyl sites for hydroxylation is 1. The average molecular weight is 323 g/mol. The first-order chi connectivity index (χ1) is 9.19. The Morgan fingerprint density at radius 1 is 1.37 bits per heavy atom. The van der Waals surface area contributed by atoms with E-state index in [-0.39, 0.29) is 0 Å². The van der Waals surface area contributed by atoms with Crippen molar-refractivity contribution in [3.8, 4) is 0 Å². The zero-order chi connectivity index (χ0) is 13.4. The van der Waals surface area contributed by atoms with Gasteiger partial charge in [0.15, 0.2) is 0 Å². The van der Waals surface area contributed by atoms with Crippen molar-refractivity contribution < 1.29 is 0 Å². The maximum absolute atomic E-state index is 3.76. The van der Waals surface area contributed by atoms with Gasteiger partial charge in [0.1, 0.15) is 0 Å². The van der Waals surface area contributed by atoms with Crippen molar-refractivity contribution in [3.63, 3.8) is 0 Å². The van der Waals surface area contributed by atoms with E-state index in [1.54, 1.807) is 0 Å². The first kappa shape index (κ1) is 13.4. The van der Waals surface area contributed by atoms with Crippen molar-refractivity contribution in [3.05, 3.63) is 28.2 Å². The first-order valence-corrected chi connectivity index (χ1v) is 8.24. The summed E-state index contributed by atoms with van der Waals surface area (Å²) in [6.07, 6.45) is 4.03. The average Bonchev–Trinajstić information content (AvgIpc) is 3.22. The molecule has 2 unspecified atom stereocenters. The molecule has 1 aromatic carbocycles. The summed E-state index contributed by atoms with van der Waals surface area (Å²) in [6.45, 7) is 6.72. The van der Waals surface area contributed by atoms with Gasteiger partial charge in [-0.3, -0.25) is 0 Å². The monoisotopic (exact) mass is 322 g/mol. The molecule has 19 heavy (non-hydrogen) atoms. The number of nitrogens with zero attached hydrogens (tertiary/aromatic N) is 1. The van der Waals surface area contributed by atoms with Crippen molar-refractivity contribution in [2.75, 3.05) is 18.0 Å². The molecule has 0 aromatic heterocycles. The van der Waals surface area contributed by atoms with Gasteiger partial charge in [-0.1, -0.05) is 13.0 Å². The molecule has 104 valence electrons. The van der Waals surface area contributed by atoms with E-state index in [0.29, 0.717) is 12.1 Å². The van der Waals surface area contributed by atoms with Crippen molar-refractivity contribution in [2.45, 2.75) is 45.2 Å². The summed E-state index contributed by atoms with van der Waals surface area (Å²) < 4.78 is 1.24. The van der Waals surface area contributed by atoms with Gasteiger partial charge in [0.2, 0.25) is 0 Å². The molecule has 0 amide bonds. The van der Waals surface area contributed by atoms with Crippen molar-refractivity contribution in [1.82, 2.24) is 5.32 Å². The second kappa shape index (κ2) is 5.45. The Balaban J connectivity index is 1.85. The lowest BCUT2D eigenvalue weighted by atomic mass is 10.0. The standard InChI is InChI=1S/C16H23BrN2/c1-3-13-9-18-15(12-5-6-12)10-19(13)16-7-4-11(2)8-14(16)17/h4,7-8,12-13,15,18H,3,5-6,9-10H2,1-2H3. The summed E-state index contributed by atoms with van der Waals surface area (Å²) in [4.78, 5) is 2.61. The number of nitrogens with one attached hydrogen (secondary N) is 1. The first-order valence-electron chi connectivity index (χ1n) is 7.45. The van der Waals surface area contributed by atoms with E-state index >= 15 is 0 Å². The minimum atomic E-state index is 0.619. The molecule has 2 nitrogen and oxygen atoms in total. The molecule has 1 saturated heterocycles. The van der Waals surface area contributed by atoms with Gasteiger partial charge in [0, 0.05) is 29.6 Å². The van der Waals surface area contributed by atoms with E-state index in [0.717, 1.165) is 19.0 Å². The molecule has 1 N–H and O–H groups in total. The van der Waals surface area contributed by atoms with Crippen LogP contribution in [-0.4, -0.2) is 25.2 Å². The third-order valence-corrected chi connectivity index (χ3v) is 5.16. The Kier molecular flexibility index (Phi) is 3.86. The lowest BCUT2D eigenvalue weighted by molar-refractivity contribution is 0.359. The minimum Gasteiger partial charge on any atom is -0.365 e. The van der Waals surface area contributed by atoms with Gasteiger partial charge in [-0.05, 0) is 65.7 Å². The highest BCUT2D eigenvalue weighted by molar-refractivity contribution is 9.10. The number of anilines is 1. The fourth-order valence-electron chi connectivity index (χ4n) is 3.14. The highest BCUT2D eigenvalue weighted by Crippen LogP contribution is 2.37. The number of rotatable bonds is 3. The molecule has 1 aromatic rings. The Bertz CT molecular complexity index is 456. The fourth-order valence-corrected chi connectivity index (χ4v) is 3.86. The highest BCUT2D eigenvalue weighted by atomic mass is 79.9. The van der Waals surface area contributed by atoms with Crippen LogP contribution in [0.25, 0.3) is 0 Å². The fraction of sp³-hybridized carbons (Fsp3) is 0.625. The van der Waals surface area contributed by atoms with Crippen LogP contribution in [0.15, 0.2) is 22.7 Å². The summed E-state index contributed by atoms with van der Waals surface area (Å²) >= 11 is 3.75. The van der Waals surface area contributed by atoms with E-state index in [1.165, 1.54) is 35.0 Å². The van der Waals surface area contributed by atoms with Crippen LogP contribution in [0.3, 0.4) is 0 Å². The lowest BCUT2D eigenvalue weighted by Crippen LogP contribution is -2.57. The quantitative estimate of drug-likeness (QED) is 0.912. The number of hydrogen-bond donors (Lipinski definition) is 1. The summed E-state index contributed by atoms with van der Waals surface area (Å²) in [5.41, 5.74) is 2.68. The van der Waals surface area contributed by atoms with Crippen molar-refractivity contribution in [1.29, 1.82) is 0 Å². The molecular formula is C16H23BrN2. The molecule has 2 atom stereocenters. The second-order valence-electron chi connectivity index (χ2n) is 6.02. The maximum Gasteiger partial charge on any atom is 0.0514 e. The van der Waals surface area contributed by atoms with Gasteiger partial charge >= 0.3 is 0 Å². The largest absolute Gasteiger partial charge is 0.365 e. The minimum absolute atomic E-state index is 0.619. The molecule has 0 spiro atoms. The highest BCUT2D eigenvalue weighted by Gasteiger charge is 2.37. The van der Waals surface area contributed by atoms with Gasteiger partial charge in [0.25, 0.3) is 0 Å². The van der Waals surface area contributed by atoms with Crippen LogP contribution in [0.4, 0.5) is 5.69 Å². The van der Waals surface area contributed by atoms with E-state index in [2.05, 4.69) is 58.2 Å². The number of hydrogen-bond acceptors (Lipinski definition) is 2. The Morgan fingerprint density at radius 3 is 2.79 bits per heavy atom. The molecule has 1 aliphatic heterocycles. The third kappa shape index (κ3) is 2.82. The molecule has 2 aliphatic rings. The maximum atomic E-state index is 3.76. The van der Waals surface area contributed by atoms with Gasteiger partial charge < -0.3 is 10.2 Å². The second-order valence-corrected chi connectivity index (χ2v) is 6.88. The van der Waals surface area contributed by atoms with Crippen LogP contribution in [0.1, 0.15) is 31.7 Å². The SMILES string of the molecule is CCC1CNC(C2CC2)CN1c1ccc(C)cc1Br. The Morgan fingerprint density at radius 2 is 2.16 bits per heavy atom. The summed E-state index contributed by atoms with van der Waals surface area (Å²) in [6, 6.07) is 8.04. The van der Waals surface area contributed by atoms with E-state index in [9.17, 15) is 0 Å². The Hall–Kier alpha value is -0.540. The third-order valence-electron chi connectivity index (χ3n) is 4.52. The molecule has 1 aliphatic carbocycles. The summed E-state index contributed by atoms with van der Waals surface area (Å²) in [7, 11) is 0. The van der Waals surface area contributed by atoms with Crippen molar-refractivity contribution >= 4 is 21.6 Å². The number of benzene rings is 1. The number of piperazine rings is 1. The molecule has 0 bridgehead atoms. The molecule has 1 saturated carbocycles. The molecule has 2 fully saturated rings. The van der Waals surface area contributed by atoms with Gasteiger partial charge in [-0.2, -0.15) is 0 Å². The zero-order valence-electron chi connectivity index (χ0n) is 11.8. The van der Waals surface area contributed by atoms with Crippen LogP contribution in [0.2, 0.25) is 0 Å². The molecule has 0 radical (unpaired) electrons. The Labute approximate surface area is 124 Å². The van der Waals surface area contributed by atoms with Crippen LogP contribution < -0.4 is 10.2 Å². The van der Waals surface area contributed by atoms with Crippen LogP contribution in [0.5, 0.6) is 0 Å². The zero-order valence-corrected chi connectivity index (χ0v) is 13.4. The van der Waals surface area contributed by atoms with Gasteiger partial charge in [-0.25, -0.2) is 0 Å². The van der Waals surface area contributed by atoms with E-state index in [1.807, 2.05) is 0 Å². The van der Waals surface area contributed by atoms with Crippen LogP contribution in [0, 0.1) is 12.8 Å². The van der Waals surface area contributed by atoms with Crippen LogP contribution in [-0.2, 0) is 0 Å². The predicted molar refractivity (Wildman–Crippen MR) is 84.8 cm³/mol. The van der Waals surface area contributed by atoms with E-state index in [4.69, 9.17) is 0 Å². The van der Waals surface area contributed by atoms with Gasteiger partial charge in [0.05, 0.1) is 5.69 Å². The molecular weight excluding hydrogens is 300 g/mol. The predicted octanol–water partition coefficient (Wildman–Crippen LogP) is 3.72. The summed E-state index contributed by atoms with van der Waals surface area (Å²) in [5, 5.41) is 3.76. The normalized spacial score (nSPS) is 27.6. The smallest absolute Gasteiger partial charge is 0.0514 e. The van der Waals surface area contributed by atoms with E-state index < -0.39 is 0 Å².